The molecule has 4 unspecified atom stereocenters. The fourth-order valence-corrected chi connectivity index (χ4v) is 9.01. The lowest BCUT2D eigenvalue weighted by molar-refractivity contribution is 0.0451. The van der Waals surface area contributed by atoms with E-state index in [4.69, 9.17) is 4.74 Å². The molecular weight excluding hydrogens is 757 g/mol. The van der Waals surface area contributed by atoms with Crippen molar-refractivity contribution in [3.05, 3.63) is 0 Å². The van der Waals surface area contributed by atoms with Crippen LogP contribution in [0.2, 0.25) is 0 Å². The van der Waals surface area contributed by atoms with Gasteiger partial charge in [-0.2, -0.15) is 0 Å². The largest absolute Gasteiger partial charge is 0.392 e. The van der Waals surface area contributed by atoms with Gasteiger partial charge in [-0.1, -0.05) is 233 Å². The fourth-order valence-electron chi connectivity index (χ4n) is 9.01. The van der Waals surface area contributed by atoms with Gasteiger partial charge in [-0.15, -0.1) is 0 Å². The highest BCUT2D eigenvalue weighted by atomic mass is 16.5. The minimum Gasteiger partial charge on any atom is -0.392 e. The van der Waals surface area contributed by atoms with Crippen LogP contribution >= 0.6 is 0 Å². The topological polar surface area (TPSA) is 96.6 Å². The van der Waals surface area contributed by atoms with E-state index in [1.807, 2.05) is 0 Å². The zero-order valence-electron chi connectivity index (χ0n) is 41.9. The molecule has 7 heteroatoms. The highest BCUT2D eigenvalue weighted by Gasteiger charge is 2.18. The van der Waals surface area contributed by atoms with Crippen molar-refractivity contribution < 1.29 is 25.2 Å². The molecule has 0 bridgehead atoms. The number of rotatable bonds is 52. The van der Waals surface area contributed by atoms with Gasteiger partial charge in [0.25, 0.3) is 0 Å². The fraction of sp³-hybridized carbons (Fsp3) is 1.00. The maximum Gasteiger partial charge on any atom is 0.0667 e. The molecule has 0 heterocycles. The monoisotopic (exact) mass is 869 g/mol. The molecule has 0 aliphatic carbocycles. The summed E-state index contributed by atoms with van der Waals surface area (Å²) in [5, 5.41) is 44.0. The molecule has 7 nitrogen and oxygen atoms in total. The summed E-state index contributed by atoms with van der Waals surface area (Å²) in [6, 6.07) is 0. The molecule has 0 aromatic rings. The lowest BCUT2D eigenvalue weighted by atomic mass is 10.0. The van der Waals surface area contributed by atoms with E-state index < -0.39 is 0 Å². The molecule has 4 atom stereocenters. The predicted octanol–water partition coefficient (Wildman–Crippen LogP) is 14.0. The van der Waals surface area contributed by atoms with Crippen molar-refractivity contribution >= 4 is 0 Å². The summed E-state index contributed by atoms with van der Waals surface area (Å²) < 4.78 is 6.16. The first-order valence-electron chi connectivity index (χ1n) is 27.6. The van der Waals surface area contributed by atoms with Crippen molar-refractivity contribution in [3.63, 3.8) is 0 Å². The highest BCUT2D eigenvalue weighted by Crippen LogP contribution is 2.16. The normalized spacial score (nSPS) is 14.1. The molecule has 61 heavy (non-hydrogen) atoms. The van der Waals surface area contributed by atoms with Crippen LogP contribution in [0.4, 0.5) is 0 Å². The summed E-state index contributed by atoms with van der Waals surface area (Å²) in [5.41, 5.74) is 0. The number of hydrogen-bond donors (Lipinski definition) is 4. The Labute approximate surface area is 382 Å². The number of ether oxygens (including phenoxy) is 1. The van der Waals surface area contributed by atoms with Gasteiger partial charge < -0.3 is 25.2 Å². The first kappa shape index (κ1) is 60.7. The average molecular weight is 869 g/mol. The van der Waals surface area contributed by atoms with E-state index in [9.17, 15) is 20.4 Å². The molecule has 0 rings (SSSR count). The van der Waals surface area contributed by atoms with Crippen LogP contribution in [0.3, 0.4) is 0 Å². The average Bonchev–Trinajstić information content (AvgIpc) is 3.24. The van der Waals surface area contributed by atoms with Crippen molar-refractivity contribution in [2.45, 2.75) is 296 Å². The zero-order valence-corrected chi connectivity index (χ0v) is 41.9. The van der Waals surface area contributed by atoms with Crippen LogP contribution in [-0.2, 0) is 4.74 Å². The quantitative estimate of drug-likeness (QED) is 0.0452. The highest BCUT2D eigenvalue weighted by molar-refractivity contribution is 4.72. The maximum atomic E-state index is 11.0. The number of aliphatic hydroxyl groups is 4. The lowest BCUT2D eigenvalue weighted by Crippen LogP contribution is -2.39. The predicted molar refractivity (Wildman–Crippen MR) is 266 cm³/mol. The second-order valence-electron chi connectivity index (χ2n) is 19.5. The van der Waals surface area contributed by atoms with Gasteiger partial charge in [0.2, 0.25) is 0 Å². The molecule has 0 fully saturated rings. The number of aliphatic hydroxyl groups excluding tert-OH is 4. The Balaban J connectivity index is 4.84. The summed E-state index contributed by atoms with van der Waals surface area (Å²) in [5.74, 6) is 0. The van der Waals surface area contributed by atoms with Crippen LogP contribution < -0.4 is 0 Å². The van der Waals surface area contributed by atoms with Gasteiger partial charge >= 0.3 is 0 Å². The van der Waals surface area contributed by atoms with Gasteiger partial charge in [0, 0.05) is 52.5 Å². The standard InChI is InChI=1S/C54H112N2O5/c1-5-9-13-17-21-25-29-33-39-51(57)47-55(48-52(58)40-34-30-26-22-18-14-10-6-2)43-37-45-61-46-38-44-56(49-53(59)41-35-31-27-23-19-15-11-7-3)50-54(60)42-36-32-28-24-20-16-12-8-4/h51-54,57-60H,5-50H2,1-4H3. The van der Waals surface area contributed by atoms with Crippen molar-refractivity contribution in [1.29, 1.82) is 0 Å². The number of unbranched alkanes of at least 4 members (excludes halogenated alkanes) is 28. The van der Waals surface area contributed by atoms with Crippen molar-refractivity contribution in [1.82, 2.24) is 9.80 Å². The molecule has 4 N–H and O–H groups in total. The third kappa shape index (κ3) is 46.1. The molecule has 0 aromatic heterocycles. The third-order valence-electron chi connectivity index (χ3n) is 13.0. The van der Waals surface area contributed by atoms with E-state index in [0.717, 1.165) is 77.3 Å². The van der Waals surface area contributed by atoms with Crippen LogP contribution in [-0.4, -0.2) is 107 Å². The number of hydrogen-bond acceptors (Lipinski definition) is 7. The zero-order chi connectivity index (χ0) is 44.7. The van der Waals surface area contributed by atoms with E-state index in [2.05, 4.69) is 37.5 Å². The molecule has 368 valence electrons. The van der Waals surface area contributed by atoms with Gasteiger partial charge in [0.05, 0.1) is 24.4 Å². The maximum absolute atomic E-state index is 11.0. The van der Waals surface area contributed by atoms with E-state index in [-0.39, 0.29) is 24.4 Å². The molecule has 0 saturated carbocycles. The van der Waals surface area contributed by atoms with Gasteiger partial charge in [0.15, 0.2) is 0 Å². The Morgan fingerprint density at radius 2 is 0.475 bits per heavy atom. The van der Waals surface area contributed by atoms with Crippen LogP contribution in [0.25, 0.3) is 0 Å². The summed E-state index contributed by atoms with van der Waals surface area (Å²) in [4.78, 5) is 4.58. The SMILES string of the molecule is CCCCCCCCCCC(O)CN(CCCOCCCN(CC(O)CCCCCCCCCC)CC(O)CCCCCCCCCC)CC(O)CCCCCCCCCC. The van der Waals surface area contributed by atoms with E-state index in [0.29, 0.717) is 39.4 Å². The summed E-state index contributed by atoms with van der Waals surface area (Å²) >= 11 is 0. The number of nitrogens with zero attached hydrogens (tertiary/aromatic N) is 2. The van der Waals surface area contributed by atoms with Crippen LogP contribution in [0.1, 0.15) is 272 Å². The van der Waals surface area contributed by atoms with E-state index in [1.54, 1.807) is 0 Å². The van der Waals surface area contributed by atoms with Crippen LogP contribution in [0.5, 0.6) is 0 Å². The molecule has 0 aliphatic rings. The minimum atomic E-state index is -0.348. The molecular formula is C54H112N2O5. The van der Waals surface area contributed by atoms with Crippen molar-refractivity contribution in [2.75, 3.05) is 52.5 Å². The Bertz CT molecular complexity index is 700. The Kier molecular flexibility index (Phi) is 48.9. The van der Waals surface area contributed by atoms with Crippen molar-refractivity contribution in [3.8, 4) is 0 Å². The van der Waals surface area contributed by atoms with Gasteiger partial charge in [-0.3, -0.25) is 9.80 Å². The Hall–Kier alpha value is -0.280. The van der Waals surface area contributed by atoms with E-state index in [1.165, 1.54) is 180 Å². The van der Waals surface area contributed by atoms with Gasteiger partial charge in [0.1, 0.15) is 0 Å². The molecule has 0 spiro atoms. The first-order valence-corrected chi connectivity index (χ1v) is 27.6. The summed E-state index contributed by atoms with van der Waals surface area (Å²) in [6.07, 6.45) is 44.5. The first-order chi connectivity index (χ1) is 29.9. The van der Waals surface area contributed by atoms with Crippen LogP contribution in [0.15, 0.2) is 0 Å². The molecule has 0 aliphatic heterocycles. The Morgan fingerprint density at radius 1 is 0.279 bits per heavy atom. The van der Waals surface area contributed by atoms with E-state index >= 15 is 0 Å². The Morgan fingerprint density at radius 3 is 0.689 bits per heavy atom. The lowest BCUT2D eigenvalue weighted by Gasteiger charge is -2.28. The third-order valence-corrected chi connectivity index (χ3v) is 13.0. The second kappa shape index (κ2) is 49.2. The van der Waals surface area contributed by atoms with Crippen LogP contribution in [0, 0.1) is 0 Å². The summed E-state index contributed by atoms with van der Waals surface area (Å²) in [7, 11) is 0. The molecule has 0 radical (unpaired) electrons. The van der Waals surface area contributed by atoms with Crippen molar-refractivity contribution in [2.24, 2.45) is 0 Å². The minimum absolute atomic E-state index is 0.348. The molecule has 0 amide bonds. The second-order valence-corrected chi connectivity index (χ2v) is 19.5. The summed E-state index contributed by atoms with van der Waals surface area (Å²) in [6.45, 7) is 14.6. The van der Waals surface area contributed by atoms with Gasteiger partial charge in [-0.05, 0) is 38.5 Å². The molecule has 0 saturated heterocycles. The smallest absolute Gasteiger partial charge is 0.0667 e. The van der Waals surface area contributed by atoms with Gasteiger partial charge in [-0.25, -0.2) is 0 Å². The molecule has 0 aromatic carbocycles.